The number of amides is 2. The molecule has 0 unspecified atom stereocenters. The van der Waals surface area contributed by atoms with E-state index in [4.69, 9.17) is 9.47 Å². The molecule has 0 spiro atoms. The summed E-state index contributed by atoms with van der Waals surface area (Å²) in [5.74, 6) is -0.722. The fraction of sp³-hybridized carbons (Fsp3) is 0.478. The number of ether oxygens (including phenoxy) is 2. The molecule has 0 aliphatic carbocycles. The molecular weight excluding hydrogens is 419 g/mol. The molecule has 1 heterocycles. The Balaban J connectivity index is 2.14. The first kappa shape index (κ1) is 25.0. The van der Waals surface area contributed by atoms with Crippen LogP contribution in [-0.2, 0) is 32.2 Å². The maximum absolute atomic E-state index is 13.3. The normalized spacial score (nSPS) is 10.8. The molecule has 6 nitrogen and oxygen atoms in total. The molecule has 0 bridgehead atoms. The lowest BCUT2D eigenvalue weighted by molar-refractivity contribution is -0.143. The lowest BCUT2D eigenvalue weighted by atomic mass is 10.2. The van der Waals surface area contributed by atoms with Gasteiger partial charge < -0.3 is 19.3 Å². The highest BCUT2D eigenvalue weighted by atomic mass is 32.1. The lowest BCUT2D eigenvalue weighted by Crippen LogP contribution is -2.44. The van der Waals surface area contributed by atoms with Crippen molar-refractivity contribution in [2.75, 3.05) is 40.0 Å². The van der Waals surface area contributed by atoms with Crippen LogP contribution in [0.5, 0.6) is 0 Å². The first-order chi connectivity index (χ1) is 14.9. The number of nitrogens with zero attached hydrogens (tertiary/aromatic N) is 2. The largest absolute Gasteiger partial charge is 0.382 e. The van der Waals surface area contributed by atoms with Crippen LogP contribution in [0.2, 0.25) is 0 Å². The minimum atomic E-state index is -0.318. The fourth-order valence-electron chi connectivity index (χ4n) is 3.05. The van der Waals surface area contributed by atoms with Gasteiger partial charge in [-0.1, -0.05) is 12.1 Å². The van der Waals surface area contributed by atoms with E-state index >= 15 is 0 Å². The maximum Gasteiger partial charge on any atom is 0.249 e. The van der Waals surface area contributed by atoms with Crippen molar-refractivity contribution in [3.05, 3.63) is 57.5 Å². The zero-order valence-corrected chi connectivity index (χ0v) is 19.3. The lowest BCUT2D eigenvalue weighted by Gasteiger charge is -2.28. The Morgan fingerprint density at radius 3 is 2.42 bits per heavy atom. The summed E-state index contributed by atoms with van der Waals surface area (Å²) in [4.78, 5) is 30.0. The van der Waals surface area contributed by atoms with Crippen LogP contribution >= 0.6 is 11.3 Å². The maximum atomic E-state index is 13.3. The molecule has 2 rings (SSSR count). The van der Waals surface area contributed by atoms with Gasteiger partial charge >= 0.3 is 0 Å². The average Bonchev–Trinajstić information content (AvgIpc) is 3.15. The van der Waals surface area contributed by atoms with Crippen molar-refractivity contribution in [2.24, 2.45) is 0 Å². The second kappa shape index (κ2) is 13.2. The van der Waals surface area contributed by atoms with Crippen LogP contribution in [0.1, 0.15) is 29.3 Å². The molecular formula is C23H31FN2O4S. The molecule has 31 heavy (non-hydrogen) atoms. The van der Waals surface area contributed by atoms with Crippen molar-refractivity contribution >= 4 is 23.2 Å². The Morgan fingerprint density at radius 2 is 1.81 bits per heavy atom. The number of thiophene rings is 1. The zero-order valence-electron chi connectivity index (χ0n) is 18.4. The van der Waals surface area contributed by atoms with Gasteiger partial charge in [0.2, 0.25) is 11.8 Å². The van der Waals surface area contributed by atoms with Gasteiger partial charge in [-0.2, -0.15) is 0 Å². The smallest absolute Gasteiger partial charge is 0.249 e. The average molecular weight is 451 g/mol. The SMILES string of the molecule is CCOCCCN(CC(=O)N(Cc1ccc(F)cc1)Cc1sccc1C)C(=O)COC. The van der Waals surface area contributed by atoms with E-state index in [9.17, 15) is 14.0 Å². The molecule has 0 radical (unpaired) electrons. The van der Waals surface area contributed by atoms with Gasteiger partial charge in [0.15, 0.2) is 0 Å². The summed E-state index contributed by atoms with van der Waals surface area (Å²) < 4.78 is 23.6. The topological polar surface area (TPSA) is 59.1 Å². The van der Waals surface area contributed by atoms with E-state index in [1.165, 1.54) is 24.1 Å². The van der Waals surface area contributed by atoms with Crippen molar-refractivity contribution in [3.63, 3.8) is 0 Å². The molecule has 0 aliphatic rings. The molecule has 8 heteroatoms. The number of benzene rings is 1. The molecule has 0 saturated carbocycles. The number of methoxy groups -OCH3 is 1. The molecule has 0 atom stereocenters. The third-order valence-corrected chi connectivity index (χ3v) is 5.82. The van der Waals surface area contributed by atoms with Crippen LogP contribution in [0.3, 0.4) is 0 Å². The number of hydrogen-bond acceptors (Lipinski definition) is 5. The molecule has 0 N–H and O–H groups in total. The molecule has 0 fully saturated rings. The van der Waals surface area contributed by atoms with Gasteiger partial charge in [0, 0.05) is 38.3 Å². The van der Waals surface area contributed by atoms with Gasteiger partial charge in [-0.3, -0.25) is 9.59 Å². The molecule has 2 amide bonds. The van der Waals surface area contributed by atoms with E-state index in [1.807, 2.05) is 25.3 Å². The Hall–Kier alpha value is -2.29. The summed E-state index contributed by atoms with van der Waals surface area (Å²) in [6.45, 7) is 6.12. The second-order valence-corrected chi connectivity index (χ2v) is 8.20. The molecule has 0 aliphatic heterocycles. The van der Waals surface area contributed by atoms with Gasteiger partial charge in [0.1, 0.15) is 12.4 Å². The van der Waals surface area contributed by atoms with E-state index in [1.54, 1.807) is 28.4 Å². The first-order valence-electron chi connectivity index (χ1n) is 10.3. The summed E-state index contributed by atoms with van der Waals surface area (Å²) >= 11 is 1.59. The van der Waals surface area contributed by atoms with Gasteiger partial charge in [0.05, 0.1) is 13.1 Å². The van der Waals surface area contributed by atoms with E-state index in [2.05, 4.69) is 0 Å². The highest BCUT2D eigenvalue weighted by molar-refractivity contribution is 7.10. The summed E-state index contributed by atoms with van der Waals surface area (Å²) in [6, 6.07) is 8.13. The van der Waals surface area contributed by atoms with Crippen molar-refractivity contribution in [1.29, 1.82) is 0 Å². The van der Waals surface area contributed by atoms with Gasteiger partial charge in [-0.25, -0.2) is 4.39 Å². The van der Waals surface area contributed by atoms with Crippen molar-refractivity contribution in [3.8, 4) is 0 Å². The first-order valence-corrected chi connectivity index (χ1v) is 11.2. The minimum absolute atomic E-state index is 0.0417. The third kappa shape index (κ3) is 8.40. The quantitative estimate of drug-likeness (QED) is 0.438. The van der Waals surface area contributed by atoms with Crippen LogP contribution in [0.25, 0.3) is 0 Å². The Morgan fingerprint density at radius 1 is 1.06 bits per heavy atom. The summed E-state index contributed by atoms with van der Waals surface area (Å²) in [7, 11) is 1.46. The van der Waals surface area contributed by atoms with Crippen molar-refractivity contribution < 1.29 is 23.5 Å². The Kier molecular flexibility index (Phi) is 10.6. The zero-order chi connectivity index (χ0) is 22.6. The standard InChI is InChI=1S/C23H31FN2O4S/c1-4-30-12-5-11-25(23(28)17-29-3)16-22(27)26(15-21-18(2)10-13-31-21)14-19-6-8-20(24)9-7-19/h6-10,13H,4-5,11-12,14-17H2,1-3H3. The minimum Gasteiger partial charge on any atom is -0.382 e. The van der Waals surface area contributed by atoms with Gasteiger partial charge in [-0.15, -0.1) is 11.3 Å². The summed E-state index contributed by atoms with van der Waals surface area (Å²) in [5, 5.41) is 1.99. The molecule has 170 valence electrons. The van der Waals surface area contributed by atoms with Gasteiger partial charge in [-0.05, 0) is 55.0 Å². The molecule has 1 aromatic carbocycles. The molecule has 0 saturated heterocycles. The summed E-state index contributed by atoms with van der Waals surface area (Å²) in [6.07, 6.45) is 0.637. The monoisotopic (exact) mass is 450 g/mol. The van der Waals surface area contributed by atoms with Crippen LogP contribution in [0.4, 0.5) is 4.39 Å². The van der Waals surface area contributed by atoms with E-state index in [0.29, 0.717) is 39.3 Å². The van der Waals surface area contributed by atoms with E-state index < -0.39 is 0 Å². The second-order valence-electron chi connectivity index (χ2n) is 7.20. The number of rotatable bonds is 13. The third-order valence-electron chi connectivity index (χ3n) is 4.81. The summed E-state index contributed by atoms with van der Waals surface area (Å²) in [5.41, 5.74) is 1.95. The highest BCUT2D eigenvalue weighted by Crippen LogP contribution is 2.20. The van der Waals surface area contributed by atoms with Gasteiger partial charge in [0.25, 0.3) is 0 Å². The van der Waals surface area contributed by atoms with Crippen LogP contribution in [-0.4, -0.2) is 61.6 Å². The van der Waals surface area contributed by atoms with E-state index in [-0.39, 0.29) is 30.8 Å². The van der Waals surface area contributed by atoms with E-state index in [0.717, 1.165) is 16.0 Å². The Labute approximate surface area is 187 Å². The number of halogens is 1. The molecule has 1 aromatic heterocycles. The van der Waals surface area contributed by atoms with Crippen molar-refractivity contribution in [2.45, 2.75) is 33.4 Å². The predicted octanol–water partition coefficient (Wildman–Crippen LogP) is 3.63. The van der Waals surface area contributed by atoms with Crippen LogP contribution in [0, 0.1) is 12.7 Å². The molecule has 2 aromatic rings. The van der Waals surface area contributed by atoms with Crippen LogP contribution in [0.15, 0.2) is 35.7 Å². The fourth-order valence-corrected chi connectivity index (χ4v) is 3.97. The number of hydrogen-bond donors (Lipinski definition) is 0. The highest BCUT2D eigenvalue weighted by Gasteiger charge is 2.22. The number of aryl methyl sites for hydroxylation is 1. The number of carbonyl (C=O) groups excluding carboxylic acids is 2. The Bertz CT molecular complexity index is 825. The van der Waals surface area contributed by atoms with Crippen molar-refractivity contribution in [1.82, 2.24) is 9.80 Å². The predicted molar refractivity (Wildman–Crippen MR) is 119 cm³/mol. The van der Waals surface area contributed by atoms with Crippen LogP contribution < -0.4 is 0 Å². The number of carbonyl (C=O) groups is 2.